The Kier molecular flexibility index (Phi) is 3.62. The third-order valence-electron chi connectivity index (χ3n) is 1.60. The average molecular weight is 214 g/mol. The van der Waals surface area contributed by atoms with Gasteiger partial charge < -0.3 is 5.11 Å². The molecule has 1 aromatic rings. The molecule has 0 aliphatic heterocycles. The lowest BCUT2D eigenvalue weighted by Gasteiger charge is -1.97. The first-order valence-electron chi connectivity index (χ1n) is 3.86. The fourth-order valence-electron chi connectivity index (χ4n) is 0.944. The highest BCUT2D eigenvalue weighted by Crippen LogP contribution is 2.23. The van der Waals surface area contributed by atoms with Crippen LogP contribution in [0.3, 0.4) is 0 Å². The Hall–Kier alpha value is -1.39. The Balaban J connectivity index is 3.01. The molecular weight excluding hydrogens is 206 g/mol. The standard InChI is InChI=1S/C9H8ClNO3/c10-9-6-8(11(13)14)4-3-7(9)2-1-5-12/h1-4,6,12H,5H2. The minimum absolute atomic E-state index is 0.0452. The molecule has 0 atom stereocenters. The van der Waals surface area contributed by atoms with Gasteiger partial charge >= 0.3 is 0 Å². The van der Waals surface area contributed by atoms with Gasteiger partial charge in [0.05, 0.1) is 16.6 Å². The monoisotopic (exact) mass is 213 g/mol. The van der Waals surface area contributed by atoms with Gasteiger partial charge in [0.15, 0.2) is 0 Å². The second kappa shape index (κ2) is 4.74. The molecule has 1 N–H and O–H groups in total. The minimum atomic E-state index is -0.509. The second-order valence-corrected chi connectivity index (χ2v) is 2.96. The van der Waals surface area contributed by atoms with E-state index in [2.05, 4.69) is 0 Å². The van der Waals surface area contributed by atoms with Gasteiger partial charge in [0.2, 0.25) is 0 Å². The fraction of sp³-hybridized carbons (Fsp3) is 0.111. The van der Waals surface area contributed by atoms with Crippen LogP contribution in [0.4, 0.5) is 5.69 Å². The van der Waals surface area contributed by atoms with Crippen LogP contribution in [0.1, 0.15) is 5.56 Å². The van der Waals surface area contributed by atoms with E-state index in [9.17, 15) is 10.1 Å². The summed E-state index contributed by atoms with van der Waals surface area (Å²) < 4.78 is 0. The molecule has 0 fully saturated rings. The largest absolute Gasteiger partial charge is 0.392 e. The van der Waals surface area contributed by atoms with E-state index < -0.39 is 4.92 Å². The molecule has 1 rings (SSSR count). The van der Waals surface area contributed by atoms with Gasteiger partial charge in [0, 0.05) is 12.1 Å². The molecule has 0 saturated carbocycles. The molecule has 74 valence electrons. The quantitative estimate of drug-likeness (QED) is 0.619. The van der Waals surface area contributed by atoms with Gasteiger partial charge in [-0.05, 0) is 11.6 Å². The lowest BCUT2D eigenvalue weighted by Crippen LogP contribution is -1.88. The maximum absolute atomic E-state index is 10.4. The smallest absolute Gasteiger partial charge is 0.270 e. The van der Waals surface area contributed by atoms with Crippen molar-refractivity contribution in [1.82, 2.24) is 0 Å². The van der Waals surface area contributed by atoms with Crippen molar-refractivity contribution in [2.75, 3.05) is 6.61 Å². The van der Waals surface area contributed by atoms with Crippen LogP contribution in [0.25, 0.3) is 6.08 Å². The van der Waals surface area contributed by atoms with E-state index in [1.54, 1.807) is 6.08 Å². The first-order valence-corrected chi connectivity index (χ1v) is 4.24. The van der Waals surface area contributed by atoms with Crippen molar-refractivity contribution in [3.8, 4) is 0 Å². The van der Waals surface area contributed by atoms with Crippen molar-refractivity contribution in [3.63, 3.8) is 0 Å². The molecule has 0 unspecified atom stereocenters. The number of nitro groups is 1. The zero-order valence-corrected chi connectivity index (χ0v) is 7.94. The second-order valence-electron chi connectivity index (χ2n) is 2.55. The highest BCUT2D eigenvalue weighted by Gasteiger charge is 2.07. The van der Waals surface area contributed by atoms with Crippen LogP contribution in [-0.2, 0) is 0 Å². The maximum atomic E-state index is 10.4. The van der Waals surface area contributed by atoms with Crippen molar-refractivity contribution in [2.24, 2.45) is 0 Å². The van der Waals surface area contributed by atoms with Crippen molar-refractivity contribution in [2.45, 2.75) is 0 Å². The Morgan fingerprint density at radius 3 is 2.79 bits per heavy atom. The molecule has 0 radical (unpaired) electrons. The lowest BCUT2D eigenvalue weighted by atomic mass is 10.2. The molecule has 5 heteroatoms. The molecule has 0 heterocycles. The zero-order chi connectivity index (χ0) is 10.6. The van der Waals surface area contributed by atoms with Crippen molar-refractivity contribution in [3.05, 3.63) is 45.0 Å². The molecule has 1 aromatic carbocycles. The number of non-ortho nitro benzene ring substituents is 1. The van der Waals surface area contributed by atoms with Gasteiger partial charge in [0.25, 0.3) is 5.69 Å². The summed E-state index contributed by atoms with van der Waals surface area (Å²) in [5.41, 5.74) is 0.600. The first-order chi connectivity index (χ1) is 6.65. The topological polar surface area (TPSA) is 63.4 Å². The van der Waals surface area contributed by atoms with Crippen LogP contribution in [0.15, 0.2) is 24.3 Å². The van der Waals surface area contributed by atoms with E-state index in [4.69, 9.17) is 16.7 Å². The maximum Gasteiger partial charge on any atom is 0.270 e. The molecule has 0 saturated heterocycles. The highest BCUT2D eigenvalue weighted by atomic mass is 35.5. The summed E-state index contributed by atoms with van der Waals surface area (Å²) in [7, 11) is 0. The van der Waals surface area contributed by atoms with Crippen molar-refractivity contribution >= 4 is 23.4 Å². The number of halogens is 1. The van der Waals surface area contributed by atoms with Gasteiger partial charge in [-0.3, -0.25) is 10.1 Å². The van der Waals surface area contributed by atoms with Crippen LogP contribution in [0, 0.1) is 10.1 Å². The predicted octanol–water partition coefficient (Wildman–Crippen LogP) is 2.25. The van der Waals surface area contributed by atoms with E-state index in [1.165, 1.54) is 24.3 Å². The van der Waals surface area contributed by atoms with E-state index in [-0.39, 0.29) is 12.3 Å². The summed E-state index contributed by atoms with van der Waals surface area (Å²) >= 11 is 5.77. The third-order valence-corrected chi connectivity index (χ3v) is 1.92. The molecule has 0 aliphatic carbocycles. The Morgan fingerprint density at radius 2 is 2.29 bits per heavy atom. The Morgan fingerprint density at radius 1 is 1.57 bits per heavy atom. The molecule has 0 aliphatic rings. The molecule has 0 spiro atoms. The Labute approximate surface area is 85.6 Å². The summed E-state index contributed by atoms with van der Waals surface area (Å²) in [4.78, 5) is 9.86. The number of aliphatic hydroxyl groups is 1. The number of hydrogen-bond acceptors (Lipinski definition) is 3. The third kappa shape index (κ3) is 2.55. The van der Waals surface area contributed by atoms with Gasteiger partial charge in [-0.2, -0.15) is 0 Å². The summed E-state index contributed by atoms with van der Waals surface area (Å²) in [6.45, 7) is -0.0900. The van der Waals surface area contributed by atoms with Gasteiger partial charge in [-0.1, -0.05) is 23.8 Å². The average Bonchev–Trinajstić information content (AvgIpc) is 2.15. The van der Waals surface area contributed by atoms with E-state index in [1.807, 2.05) is 0 Å². The fourth-order valence-corrected chi connectivity index (χ4v) is 1.18. The van der Waals surface area contributed by atoms with Crippen LogP contribution in [0.2, 0.25) is 5.02 Å². The molecule has 14 heavy (non-hydrogen) atoms. The van der Waals surface area contributed by atoms with Crippen molar-refractivity contribution < 1.29 is 10.0 Å². The van der Waals surface area contributed by atoms with E-state index in [0.717, 1.165) is 0 Å². The zero-order valence-electron chi connectivity index (χ0n) is 7.18. The molecular formula is C9H8ClNO3. The summed E-state index contributed by atoms with van der Waals surface area (Å²) in [5.74, 6) is 0. The molecule has 0 amide bonds. The number of hydrogen-bond donors (Lipinski definition) is 1. The number of benzene rings is 1. The van der Waals surface area contributed by atoms with E-state index in [0.29, 0.717) is 10.6 Å². The molecule has 4 nitrogen and oxygen atoms in total. The minimum Gasteiger partial charge on any atom is -0.392 e. The van der Waals surface area contributed by atoms with Gasteiger partial charge in [0.1, 0.15) is 0 Å². The van der Waals surface area contributed by atoms with E-state index >= 15 is 0 Å². The lowest BCUT2D eigenvalue weighted by molar-refractivity contribution is -0.384. The predicted molar refractivity (Wildman–Crippen MR) is 54.2 cm³/mol. The van der Waals surface area contributed by atoms with Crippen LogP contribution in [0.5, 0.6) is 0 Å². The van der Waals surface area contributed by atoms with Crippen LogP contribution < -0.4 is 0 Å². The normalized spacial score (nSPS) is 10.7. The number of rotatable bonds is 3. The van der Waals surface area contributed by atoms with Gasteiger partial charge in [-0.25, -0.2) is 0 Å². The van der Waals surface area contributed by atoms with Crippen LogP contribution >= 0.6 is 11.6 Å². The number of aliphatic hydroxyl groups excluding tert-OH is 1. The first kappa shape index (κ1) is 10.7. The Bertz CT molecular complexity index is 376. The van der Waals surface area contributed by atoms with Crippen LogP contribution in [-0.4, -0.2) is 16.6 Å². The number of nitrogens with zero attached hydrogens (tertiary/aromatic N) is 1. The summed E-state index contributed by atoms with van der Waals surface area (Å²) in [5, 5.41) is 19.2. The summed E-state index contributed by atoms with van der Waals surface area (Å²) in [6, 6.07) is 4.17. The summed E-state index contributed by atoms with van der Waals surface area (Å²) in [6.07, 6.45) is 3.11. The number of nitro benzene ring substituents is 1. The molecule has 0 aromatic heterocycles. The SMILES string of the molecule is O=[N+]([O-])c1ccc(C=CCO)c(Cl)c1. The highest BCUT2D eigenvalue weighted by molar-refractivity contribution is 6.32. The van der Waals surface area contributed by atoms with Crippen molar-refractivity contribution in [1.29, 1.82) is 0 Å². The molecule has 0 bridgehead atoms. The van der Waals surface area contributed by atoms with Gasteiger partial charge in [-0.15, -0.1) is 0 Å².